The van der Waals surface area contributed by atoms with Gasteiger partial charge in [0.05, 0.1) is 0 Å². The second-order valence-corrected chi connectivity index (χ2v) is 4.73. The quantitative estimate of drug-likeness (QED) is 0.789. The van der Waals surface area contributed by atoms with Crippen molar-refractivity contribution in [2.75, 3.05) is 17.2 Å². The Morgan fingerprint density at radius 3 is 2.75 bits per heavy atom. The number of hydrogen-bond acceptors (Lipinski definition) is 4. The van der Waals surface area contributed by atoms with Crippen LogP contribution in [0.3, 0.4) is 0 Å². The maximum atomic E-state index is 4.43. The molecular weight excluding hydrogens is 248 g/mol. The van der Waals surface area contributed by atoms with Crippen LogP contribution in [0.5, 0.6) is 0 Å². The number of aromatic nitrogens is 2. The van der Waals surface area contributed by atoms with Gasteiger partial charge in [0, 0.05) is 24.8 Å². The van der Waals surface area contributed by atoms with Crippen LogP contribution in [0.1, 0.15) is 16.8 Å². The third kappa shape index (κ3) is 4.09. The monoisotopic (exact) mass is 268 g/mol. The number of nitrogens with zero attached hydrogens (tertiary/aromatic N) is 2. The van der Waals surface area contributed by atoms with Crippen molar-refractivity contribution >= 4 is 11.8 Å². The maximum absolute atomic E-state index is 4.43. The van der Waals surface area contributed by atoms with Crippen molar-refractivity contribution in [3.63, 3.8) is 0 Å². The zero-order chi connectivity index (χ0) is 14.4. The molecule has 1 heterocycles. The summed E-state index contributed by atoms with van der Waals surface area (Å²) >= 11 is 0. The fourth-order valence-corrected chi connectivity index (χ4v) is 1.92. The maximum Gasteiger partial charge on any atom is 0.225 e. The van der Waals surface area contributed by atoms with E-state index in [1.165, 1.54) is 11.1 Å². The Kier molecular flexibility index (Phi) is 4.71. The van der Waals surface area contributed by atoms with Crippen LogP contribution in [-0.2, 0) is 6.54 Å². The second-order valence-electron chi connectivity index (χ2n) is 4.73. The summed E-state index contributed by atoms with van der Waals surface area (Å²) in [4.78, 5) is 8.82. The smallest absolute Gasteiger partial charge is 0.225 e. The summed E-state index contributed by atoms with van der Waals surface area (Å²) in [5.74, 6) is 1.45. The van der Waals surface area contributed by atoms with Gasteiger partial charge in [-0.05, 0) is 19.4 Å². The van der Waals surface area contributed by atoms with Crippen LogP contribution in [0.25, 0.3) is 0 Å². The number of anilines is 2. The molecule has 0 amide bonds. The molecule has 2 N–H and O–H groups in total. The molecule has 0 fully saturated rings. The number of aryl methyl sites for hydroxylation is 2. The summed E-state index contributed by atoms with van der Waals surface area (Å²) in [5.41, 5.74) is 3.40. The average molecular weight is 268 g/mol. The van der Waals surface area contributed by atoms with E-state index >= 15 is 0 Å². The fourth-order valence-electron chi connectivity index (χ4n) is 1.92. The molecule has 1 aromatic heterocycles. The fraction of sp³-hybridized carbons (Fsp3) is 0.250. The van der Waals surface area contributed by atoms with Crippen molar-refractivity contribution < 1.29 is 0 Å². The van der Waals surface area contributed by atoms with Gasteiger partial charge in [0.15, 0.2) is 0 Å². The number of hydrogen-bond donors (Lipinski definition) is 2. The molecule has 0 saturated heterocycles. The van der Waals surface area contributed by atoms with E-state index in [1.807, 2.05) is 13.0 Å². The Balaban J connectivity index is 2.05. The van der Waals surface area contributed by atoms with Crippen LogP contribution in [0, 0.1) is 13.8 Å². The molecule has 0 saturated carbocycles. The van der Waals surface area contributed by atoms with Crippen LogP contribution < -0.4 is 10.6 Å². The molecule has 20 heavy (non-hydrogen) atoms. The first kappa shape index (κ1) is 14.1. The number of nitrogens with one attached hydrogen (secondary N) is 2. The van der Waals surface area contributed by atoms with Gasteiger partial charge < -0.3 is 10.6 Å². The topological polar surface area (TPSA) is 49.8 Å². The zero-order valence-corrected chi connectivity index (χ0v) is 12.0. The van der Waals surface area contributed by atoms with Crippen LogP contribution in [0.15, 0.2) is 43.0 Å². The Bertz CT molecular complexity index is 593. The van der Waals surface area contributed by atoms with Crippen molar-refractivity contribution in [1.82, 2.24) is 9.97 Å². The van der Waals surface area contributed by atoms with Crippen molar-refractivity contribution in [2.45, 2.75) is 20.4 Å². The molecule has 1 aromatic carbocycles. The van der Waals surface area contributed by atoms with Crippen LogP contribution in [-0.4, -0.2) is 16.5 Å². The molecule has 0 unspecified atom stereocenters. The van der Waals surface area contributed by atoms with Gasteiger partial charge in [-0.15, -0.1) is 6.58 Å². The lowest BCUT2D eigenvalue weighted by Gasteiger charge is -2.09. The van der Waals surface area contributed by atoms with Crippen molar-refractivity contribution in [2.24, 2.45) is 0 Å². The molecule has 2 aromatic rings. The van der Waals surface area contributed by atoms with Gasteiger partial charge in [-0.25, -0.2) is 4.98 Å². The number of benzene rings is 1. The molecular formula is C16H20N4. The van der Waals surface area contributed by atoms with Gasteiger partial charge in [-0.1, -0.05) is 35.9 Å². The van der Waals surface area contributed by atoms with Gasteiger partial charge >= 0.3 is 0 Å². The van der Waals surface area contributed by atoms with Gasteiger partial charge in [0.2, 0.25) is 5.95 Å². The highest BCUT2D eigenvalue weighted by molar-refractivity contribution is 5.43. The van der Waals surface area contributed by atoms with E-state index in [-0.39, 0.29) is 0 Å². The highest BCUT2D eigenvalue weighted by Crippen LogP contribution is 2.11. The summed E-state index contributed by atoms with van der Waals surface area (Å²) in [6.45, 7) is 9.13. The van der Waals surface area contributed by atoms with Gasteiger partial charge in [0.25, 0.3) is 0 Å². The highest BCUT2D eigenvalue weighted by Gasteiger charge is 2.01. The van der Waals surface area contributed by atoms with Gasteiger partial charge in [0.1, 0.15) is 5.82 Å². The molecule has 0 aliphatic rings. The SMILES string of the molecule is C=CCNc1cc(C)nc(NCc2cccc(C)c2)n1. The summed E-state index contributed by atoms with van der Waals surface area (Å²) in [5, 5.41) is 6.43. The molecule has 4 nitrogen and oxygen atoms in total. The van der Waals surface area contributed by atoms with E-state index in [4.69, 9.17) is 0 Å². The Morgan fingerprint density at radius 1 is 1.15 bits per heavy atom. The first-order valence-electron chi connectivity index (χ1n) is 6.67. The minimum atomic E-state index is 0.637. The third-order valence-corrected chi connectivity index (χ3v) is 2.81. The normalized spacial score (nSPS) is 10.1. The van der Waals surface area contributed by atoms with Gasteiger partial charge in [-0.3, -0.25) is 0 Å². The molecule has 0 aliphatic heterocycles. The molecule has 2 rings (SSSR count). The Hall–Kier alpha value is -2.36. The first-order valence-corrected chi connectivity index (χ1v) is 6.67. The van der Waals surface area contributed by atoms with Crippen molar-refractivity contribution in [1.29, 1.82) is 0 Å². The molecule has 0 atom stereocenters. The van der Waals surface area contributed by atoms with Crippen molar-refractivity contribution in [3.05, 3.63) is 59.8 Å². The molecule has 0 spiro atoms. The molecule has 0 aliphatic carbocycles. The van der Waals surface area contributed by atoms with E-state index < -0.39 is 0 Å². The first-order chi connectivity index (χ1) is 9.67. The average Bonchev–Trinajstić information content (AvgIpc) is 2.42. The standard InChI is InChI=1S/C16H20N4/c1-4-8-17-15-10-13(3)19-16(20-15)18-11-14-7-5-6-12(2)9-14/h4-7,9-10H,1,8,11H2,2-3H3,(H2,17,18,19,20). The Labute approximate surface area is 120 Å². The van der Waals surface area contributed by atoms with E-state index in [1.54, 1.807) is 6.08 Å². The van der Waals surface area contributed by atoms with Gasteiger partial charge in [-0.2, -0.15) is 4.98 Å². The summed E-state index contributed by atoms with van der Waals surface area (Å²) in [6, 6.07) is 10.3. The molecule has 0 radical (unpaired) electrons. The number of rotatable bonds is 6. The van der Waals surface area contributed by atoms with E-state index in [0.29, 0.717) is 19.0 Å². The Morgan fingerprint density at radius 2 is 2.00 bits per heavy atom. The lowest BCUT2D eigenvalue weighted by Crippen LogP contribution is -2.08. The predicted octanol–water partition coefficient (Wildman–Crippen LogP) is 3.30. The van der Waals surface area contributed by atoms with Crippen LogP contribution in [0.4, 0.5) is 11.8 Å². The second kappa shape index (κ2) is 6.70. The third-order valence-electron chi connectivity index (χ3n) is 2.81. The lowest BCUT2D eigenvalue weighted by molar-refractivity contribution is 1.02. The largest absolute Gasteiger partial charge is 0.366 e. The molecule has 0 bridgehead atoms. The minimum absolute atomic E-state index is 0.637. The summed E-state index contributed by atoms with van der Waals surface area (Å²) in [6.07, 6.45) is 1.80. The van der Waals surface area contributed by atoms with E-state index in [9.17, 15) is 0 Å². The minimum Gasteiger partial charge on any atom is -0.366 e. The van der Waals surface area contributed by atoms with Crippen molar-refractivity contribution in [3.8, 4) is 0 Å². The molecule has 4 heteroatoms. The van der Waals surface area contributed by atoms with Crippen LogP contribution >= 0.6 is 0 Å². The highest BCUT2D eigenvalue weighted by atomic mass is 15.1. The molecule has 104 valence electrons. The predicted molar refractivity (Wildman–Crippen MR) is 84.0 cm³/mol. The van der Waals surface area contributed by atoms with E-state index in [2.05, 4.69) is 58.4 Å². The summed E-state index contributed by atoms with van der Waals surface area (Å²) < 4.78 is 0. The van der Waals surface area contributed by atoms with Crippen LogP contribution in [0.2, 0.25) is 0 Å². The van der Waals surface area contributed by atoms with E-state index in [0.717, 1.165) is 11.5 Å². The lowest BCUT2D eigenvalue weighted by atomic mass is 10.1. The zero-order valence-electron chi connectivity index (χ0n) is 12.0. The summed E-state index contributed by atoms with van der Waals surface area (Å²) in [7, 11) is 0.